The summed E-state index contributed by atoms with van der Waals surface area (Å²) in [6, 6.07) is 12.1. The van der Waals surface area contributed by atoms with E-state index in [2.05, 4.69) is 0 Å². The van der Waals surface area contributed by atoms with E-state index in [1.54, 1.807) is 48.7 Å². The Morgan fingerprint density at radius 2 is 1.54 bits per heavy atom. The summed E-state index contributed by atoms with van der Waals surface area (Å²) in [6.07, 6.45) is 5.09. The number of methoxy groups -OCH3 is 2. The molecule has 35 heavy (non-hydrogen) atoms. The SMILES string of the molecule is COC(=O)c1ccc(C(=O)N2C=CN(CCCCCC(=O)O)C(=O)C2c2ccc(OC)cc2)cc1. The van der Waals surface area contributed by atoms with E-state index in [9.17, 15) is 19.2 Å². The van der Waals surface area contributed by atoms with Crippen LogP contribution in [0.5, 0.6) is 5.75 Å². The first-order chi connectivity index (χ1) is 16.8. The van der Waals surface area contributed by atoms with Gasteiger partial charge in [-0.2, -0.15) is 0 Å². The minimum absolute atomic E-state index is 0.0926. The van der Waals surface area contributed by atoms with Gasteiger partial charge < -0.3 is 19.5 Å². The Hall–Kier alpha value is -4.14. The number of hydrogen-bond acceptors (Lipinski definition) is 6. The van der Waals surface area contributed by atoms with Crippen LogP contribution in [0.3, 0.4) is 0 Å². The van der Waals surface area contributed by atoms with Crippen LogP contribution in [-0.2, 0) is 14.3 Å². The molecule has 1 N–H and O–H groups in total. The first kappa shape index (κ1) is 25.5. The molecule has 0 bridgehead atoms. The van der Waals surface area contributed by atoms with Crippen LogP contribution >= 0.6 is 0 Å². The van der Waals surface area contributed by atoms with Crippen molar-refractivity contribution < 1.29 is 33.8 Å². The van der Waals surface area contributed by atoms with E-state index < -0.39 is 23.9 Å². The number of aliphatic carboxylic acids is 1. The van der Waals surface area contributed by atoms with Crippen LogP contribution in [0.25, 0.3) is 0 Å². The van der Waals surface area contributed by atoms with Crippen molar-refractivity contribution in [2.45, 2.75) is 31.7 Å². The number of carboxylic acid groups (broad SMARTS) is 1. The van der Waals surface area contributed by atoms with Crippen molar-refractivity contribution in [3.05, 3.63) is 77.6 Å². The van der Waals surface area contributed by atoms with E-state index in [-0.39, 0.29) is 12.3 Å². The van der Waals surface area contributed by atoms with Gasteiger partial charge in [-0.25, -0.2) is 4.79 Å². The van der Waals surface area contributed by atoms with Gasteiger partial charge in [0.25, 0.3) is 11.8 Å². The zero-order chi connectivity index (χ0) is 25.4. The molecule has 1 heterocycles. The number of esters is 1. The lowest BCUT2D eigenvalue weighted by Gasteiger charge is -2.36. The molecule has 0 aliphatic carbocycles. The number of nitrogens with zero attached hydrogens (tertiary/aromatic N) is 2. The quantitative estimate of drug-likeness (QED) is 0.408. The second-order valence-electron chi connectivity index (χ2n) is 7.99. The fourth-order valence-corrected chi connectivity index (χ4v) is 3.80. The maximum Gasteiger partial charge on any atom is 0.337 e. The van der Waals surface area contributed by atoms with Gasteiger partial charge in [-0.1, -0.05) is 18.6 Å². The van der Waals surface area contributed by atoms with Crippen LogP contribution in [0.2, 0.25) is 0 Å². The topological polar surface area (TPSA) is 113 Å². The number of rotatable bonds is 10. The van der Waals surface area contributed by atoms with Crippen molar-refractivity contribution in [1.82, 2.24) is 9.80 Å². The fraction of sp³-hybridized carbons (Fsp3) is 0.308. The average molecular weight is 481 g/mol. The fourth-order valence-electron chi connectivity index (χ4n) is 3.80. The molecule has 0 saturated carbocycles. The number of carbonyl (C=O) groups is 4. The first-order valence-corrected chi connectivity index (χ1v) is 11.2. The smallest absolute Gasteiger partial charge is 0.337 e. The lowest BCUT2D eigenvalue weighted by molar-refractivity contribution is -0.137. The Bertz CT molecular complexity index is 1090. The Labute approximate surface area is 203 Å². The van der Waals surface area contributed by atoms with Gasteiger partial charge in [-0.3, -0.25) is 19.3 Å². The average Bonchev–Trinajstić information content (AvgIpc) is 2.88. The highest BCUT2D eigenvalue weighted by atomic mass is 16.5. The predicted octanol–water partition coefficient (Wildman–Crippen LogP) is 3.62. The number of unbranched alkanes of at least 4 members (excludes halogenated alkanes) is 2. The summed E-state index contributed by atoms with van der Waals surface area (Å²) in [5.41, 5.74) is 1.25. The molecule has 9 heteroatoms. The molecular weight excluding hydrogens is 452 g/mol. The molecule has 0 spiro atoms. The van der Waals surface area contributed by atoms with E-state index in [4.69, 9.17) is 14.6 Å². The Kier molecular flexibility index (Phi) is 8.61. The van der Waals surface area contributed by atoms with Crippen LogP contribution < -0.4 is 4.74 Å². The van der Waals surface area contributed by atoms with Gasteiger partial charge in [0.15, 0.2) is 0 Å². The highest BCUT2D eigenvalue weighted by Gasteiger charge is 2.36. The molecule has 1 aliphatic heterocycles. The zero-order valence-electron chi connectivity index (χ0n) is 19.7. The van der Waals surface area contributed by atoms with E-state index in [0.29, 0.717) is 48.2 Å². The zero-order valence-corrected chi connectivity index (χ0v) is 19.7. The first-order valence-electron chi connectivity index (χ1n) is 11.2. The van der Waals surface area contributed by atoms with Crippen LogP contribution in [0, 0.1) is 0 Å². The largest absolute Gasteiger partial charge is 0.497 e. The lowest BCUT2D eigenvalue weighted by Crippen LogP contribution is -2.45. The van der Waals surface area contributed by atoms with Gasteiger partial charge >= 0.3 is 11.9 Å². The van der Waals surface area contributed by atoms with Gasteiger partial charge in [-0.05, 0) is 54.8 Å². The summed E-state index contributed by atoms with van der Waals surface area (Å²) in [5.74, 6) is -1.39. The van der Waals surface area contributed by atoms with Crippen LogP contribution in [0.1, 0.15) is 58.0 Å². The van der Waals surface area contributed by atoms with Gasteiger partial charge in [0.05, 0.1) is 19.8 Å². The second-order valence-corrected chi connectivity index (χ2v) is 7.99. The van der Waals surface area contributed by atoms with Crippen LogP contribution in [0.15, 0.2) is 60.9 Å². The molecule has 2 aromatic rings. The summed E-state index contributed by atoms with van der Waals surface area (Å²) >= 11 is 0. The van der Waals surface area contributed by atoms with E-state index in [1.165, 1.54) is 36.3 Å². The molecule has 184 valence electrons. The molecule has 2 aromatic carbocycles. The van der Waals surface area contributed by atoms with Gasteiger partial charge in [0, 0.05) is 30.9 Å². The van der Waals surface area contributed by atoms with E-state index in [0.717, 1.165) is 0 Å². The Balaban J connectivity index is 1.84. The molecule has 2 amide bonds. The van der Waals surface area contributed by atoms with Crippen molar-refractivity contribution in [1.29, 1.82) is 0 Å². The normalized spacial score (nSPS) is 15.1. The van der Waals surface area contributed by atoms with E-state index in [1.807, 2.05) is 0 Å². The number of amides is 2. The summed E-state index contributed by atoms with van der Waals surface area (Å²) in [7, 11) is 2.83. The molecule has 1 aliphatic rings. The standard InChI is InChI=1S/C26H28N2O7/c1-34-21-13-11-18(12-14-21)23-25(32)27(15-5-3-4-6-22(29)30)16-17-28(23)24(31)19-7-9-20(10-8-19)26(33)35-2/h7-14,16-17,23H,3-6,15H2,1-2H3,(H,29,30). The van der Waals surface area contributed by atoms with Crippen molar-refractivity contribution in [2.24, 2.45) is 0 Å². The molecule has 1 unspecified atom stereocenters. The summed E-state index contributed by atoms with van der Waals surface area (Å²) < 4.78 is 9.91. The second kappa shape index (κ2) is 11.8. The third kappa shape index (κ3) is 6.26. The minimum atomic E-state index is -0.891. The van der Waals surface area contributed by atoms with E-state index >= 15 is 0 Å². The Morgan fingerprint density at radius 1 is 0.886 bits per heavy atom. The molecule has 3 rings (SSSR count). The van der Waals surface area contributed by atoms with Crippen molar-refractivity contribution >= 4 is 23.8 Å². The molecule has 1 atom stereocenters. The monoisotopic (exact) mass is 480 g/mol. The third-order valence-corrected chi connectivity index (χ3v) is 5.71. The van der Waals surface area contributed by atoms with Gasteiger partial charge in [0.1, 0.15) is 11.8 Å². The van der Waals surface area contributed by atoms with Crippen molar-refractivity contribution in [3.63, 3.8) is 0 Å². The highest BCUT2D eigenvalue weighted by Crippen LogP contribution is 2.30. The number of ether oxygens (including phenoxy) is 2. The maximum atomic E-state index is 13.5. The maximum absolute atomic E-state index is 13.5. The number of carboxylic acids is 1. The number of benzene rings is 2. The van der Waals surface area contributed by atoms with Crippen LogP contribution in [-0.4, -0.2) is 59.4 Å². The van der Waals surface area contributed by atoms with Crippen molar-refractivity contribution in [3.8, 4) is 5.75 Å². The molecule has 0 fully saturated rings. The Morgan fingerprint density at radius 3 is 2.14 bits per heavy atom. The highest BCUT2D eigenvalue weighted by molar-refractivity contribution is 6.00. The van der Waals surface area contributed by atoms with Crippen LogP contribution in [0.4, 0.5) is 0 Å². The minimum Gasteiger partial charge on any atom is -0.497 e. The summed E-state index contributed by atoms with van der Waals surface area (Å²) in [5, 5.41) is 8.79. The number of carbonyl (C=O) groups excluding carboxylic acids is 3. The molecule has 9 nitrogen and oxygen atoms in total. The molecular formula is C26H28N2O7. The predicted molar refractivity (Wildman–Crippen MR) is 127 cm³/mol. The molecule has 0 radical (unpaired) electrons. The molecule has 0 aromatic heterocycles. The number of hydrogen-bond donors (Lipinski definition) is 1. The van der Waals surface area contributed by atoms with Crippen molar-refractivity contribution in [2.75, 3.05) is 20.8 Å². The molecule has 0 saturated heterocycles. The lowest BCUT2D eigenvalue weighted by atomic mass is 10.0. The summed E-state index contributed by atoms with van der Waals surface area (Å²) in [4.78, 5) is 52.2. The van der Waals surface area contributed by atoms with Gasteiger partial charge in [-0.15, -0.1) is 0 Å². The van der Waals surface area contributed by atoms with Gasteiger partial charge in [0.2, 0.25) is 0 Å². The summed E-state index contributed by atoms with van der Waals surface area (Å²) in [6.45, 7) is 0.414. The third-order valence-electron chi connectivity index (χ3n) is 5.71.